The molecule has 0 N–H and O–H groups in total. The van der Waals surface area contributed by atoms with Gasteiger partial charge in [-0.05, 0) is 48.5 Å². The molecule has 0 saturated heterocycles. The predicted octanol–water partition coefficient (Wildman–Crippen LogP) is 6.92. The summed E-state index contributed by atoms with van der Waals surface area (Å²) in [7, 11) is 3.35. The van der Waals surface area contributed by atoms with E-state index in [2.05, 4.69) is 12.1 Å². The highest BCUT2D eigenvalue weighted by Crippen LogP contribution is 2.53. The fourth-order valence-electron chi connectivity index (χ4n) is 4.43. The van der Waals surface area contributed by atoms with Crippen molar-refractivity contribution in [3.05, 3.63) is 107 Å². The molecule has 4 nitrogen and oxygen atoms in total. The average Bonchev–Trinajstić information content (AvgIpc) is 2.85. The Morgan fingerprint density at radius 2 is 0.875 bits per heavy atom. The van der Waals surface area contributed by atoms with E-state index in [1.165, 1.54) is 0 Å². The summed E-state index contributed by atoms with van der Waals surface area (Å²) >= 11 is 0. The molecule has 156 valence electrons. The number of rotatable bonds is 2. The molecule has 6 rings (SSSR count). The standard InChI is InChI=1S/C28H20O4/c1-29-17-11-13-25-21(15-17)27(19-7-3-5-9-23(19)31-25)28-20-8-4-6-10-24(20)32-26-14-12-18(30-2)16-22(26)28/h3-16H,1-2H3/b28-27+. The zero-order valence-corrected chi connectivity index (χ0v) is 17.7. The molecule has 4 aromatic rings. The van der Waals surface area contributed by atoms with E-state index in [9.17, 15) is 0 Å². The molecule has 0 aromatic heterocycles. The van der Waals surface area contributed by atoms with Gasteiger partial charge in [-0.3, -0.25) is 0 Å². The van der Waals surface area contributed by atoms with Crippen LogP contribution in [-0.2, 0) is 0 Å². The van der Waals surface area contributed by atoms with E-state index in [0.717, 1.165) is 67.9 Å². The van der Waals surface area contributed by atoms with Crippen LogP contribution in [0.2, 0.25) is 0 Å². The third-order valence-electron chi connectivity index (χ3n) is 5.91. The summed E-state index contributed by atoms with van der Waals surface area (Å²) in [5.74, 6) is 4.77. The van der Waals surface area contributed by atoms with Crippen LogP contribution in [0, 0.1) is 0 Å². The van der Waals surface area contributed by atoms with E-state index >= 15 is 0 Å². The molecule has 4 aromatic carbocycles. The number of para-hydroxylation sites is 2. The minimum Gasteiger partial charge on any atom is -0.497 e. The largest absolute Gasteiger partial charge is 0.497 e. The zero-order chi connectivity index (χ0) is 21.7. The van der Waals surface area contributed by atoms with Crippen LogP contribution in [0.4, 0.5) is 0 Å². The number of hydrogen-bond acceptors (Lipinski definition) is 4. The van der Waals surface area contributed by atoms with Crippen molar-refractivity contribution in [1.82, 2.24) is 0 Å². The lowest BCUT2D eigenvalue weighted by Gasteiger charge is -2.30. The molecule has 2 heterocycles. The first-order valence-electron chi connectivity index (χ1n) is 10.4. The van der Waals surface area contributed by atoms with E-state index in [1.807, 2.05) is 72.8 Å². The van der Waals surface area contributed by atoms with E-state index in [0.29, 0.717) is 0 Å². The van der Waals surface area contributed by atoms with Crippen molar-refractivity contribution >= 4 is 11.1 Å². The zero-order valence-electron chi connectivity index (χ0n) is 17.7. The smallest absolute Gasteiger partial charge is 0.135 e. The van der Waals surface area contributed by atoms with Crippen molar-refractivity contribution in [2.45, 2.75) is 0 Å². The Balaban J connectivity index is 1.78. The van der Waals surface area contributed by atoms with Crippen LogP contribution in [0.25, 0.3) is 11.1 Å². The number of fused-ring (bicyclic) bond motifs is 4. The second-order valence-electron chi connectivity index (χ2n) is 7.67. The molecule has 0 bridgehead atoms. The molecule has 0 amide bonds. The molecule has 0 aliphatic carbocycles. The van der Waals surface area contributed by atoms with Crippen LogP contribution in [0.1, 0.15) is 22.3 Å². The van der Waals surface area contributed by atoms with Gasteiger partial charge in [-0.1, -0.05) is 36.4 Å². The summed E-state index contributed by atoms with van der Waals surface area (Å²) in [6.07, 6.45) is 0. The quantitative estimate of drug-likeness (QED) is 0.305. The predicted molar refractivity (Wildman–Crippen MR) is 124 cm³/mol. The Morgan fingerprint density at radius 3 is 1.31 bits per heavy atom. The third kappa shape index (κ3) is 2.77. The second kappa shape index (κ2) is 7.20. The first-order valence-corrected chi connectivity index (χ1v) is 10.4. The number of methoxy groups -OCH3 is 2. The highest BCUT2D eigenvalue weighted by molar-refractivity contribution is 6.10. The van der Waals surface area contributed by atoms with Crippen molar-refractivity contribution in [2.75, 3.05) is 14.2 Å². The first kappa shape index (κ1) is 18.6. The molecule has 2 aliphatic rings. The van der Waals surface area contributed by atoms with Crippen LogP contribution in [0.15, 0.2) is 84.9 Å². The van der Waals surface area contributed by atoms with E-state index in [-0.39, 0.29) is 0 Å². The summed E-state index contributed by atoms with van der Waals surface area (Å²) in [5, 5.41) is 0. The Kier molecular flexibility index (Phi) is 4.18. The van der Waals surface area contributed by atoms with E-state index in [1.54, 1.807) is 14.2 Å². The van der Waals surface area contributed by atoms with Crippen LogP contribution >= 0.6 is 0 Å². The number of benzene rings is 4. The molecular weight excluding hydrogens is 400 g/mol. The molecule has 32 heavy (non-hydrogen) atoms. The van der Waals surface area contributed by atoms with Crippen LogP contribution in [0.3, 0.4) is 0 Å². The topological polar surface area (TPSA) is 36.9 Å². The van der Waals surface area contributed by atoms with E-state index in [4.69, 9.17) is 18.9 Å². The molecule has 0 unspecified atom stereocenters. The lowest BCUT2D eigenvalue weighted by Crippen LogP contribution is -2.09. The van der Waals surface area contributed by atoms with Crippen molar-refractivity contribution in [2.24, 2.45) is 0 Å². The molecule has 0 fully saturated rings. The minimum absolute atomic E-state index is 0.774. The lowest BCUT2D eigenvalue weighted by atomic mass is 9.82. The molecule has 0 saturated carbocycles. The van der Waals surface area contributed by atoms with Gasteiger partial charge in [0.1, 0.15) is 34.5 Å². The summed E-state index contributed by atoms with van der Waals surface area (Å²) in [6.45, 7) is 0. The van der Waals surface area contributed by atoms with Gasteiger partial charge in [0.05, 0.1) is 14.2 Å². The second-order valence-corrected chi connectivity index (χ2v) is 7.67. The van der Waals surface area contributed by atoms with Gasteiger partial charge >= 0.3 is 0 Å². The van der Waals surface area contributed by atoms with Gasteiger partial charge in [0, 0.05) is 33.4 Å². The van der Waals surface area contributed by atoms with Crippen molar-refractivity contribution < 1.29 is 18.9 Å². The summed E-state index contributed by atoms with van der Waals surface area (Å²) in [4.78, 5) is 0. The maximum absolute atomic E-state index is 6.27. The van der Waals surface area contributed by atoms with Crippen molar-refractivity contribution in [3.63, 3.8) is 0 Å². The Hall–Kier alpha value is -4.18. The maximum Gasteiger partial charge on any atom is 0.135 e. The average molecular weight is 420 g/mol. The molecule has 0 atom stereocenters. The van der Waals surface area contributed by atoms with Gasteiger partial charge in [-0.15, -0.1) is 0 Å². The van der Waals surface area contributed by atoms with Crippen LogP contribution < -0.4 is 18.9 Å². The SMILES string of the molecule is COc1ccc2c(c1)/C(=C1\c3ccccc3Oc3ccc(OC)cc31)c1ccccc1O2. The van der Waals surface area contributed by atoms with Crippen LogP contribution in [0.5, 0.6) is 34.5 Å². The Labute approximate surface area is 186 Å². The minimum atomic E-state index is 0.774. The first-order chi connectivity index (χ1) is 15.8. The number of hydrogen-bond donors (Lipinski definition) is 0. The summed E-state index contributed by atoms with van der Waals surface area (Å²) in [5.41, 5.74) is 6.14. The van der Waals surface area contributed by atoms with Gasteiger partial charge in [0.15, 0.2) is 0 Å². The Morgan fingerprint density at radius 1 is 0.469 bits per heavy atom. The molecule has 2 aliphatic heterocycles. The molecule has 4 heteroatoms. The third-order valence-corrected chi connectivity index (χ3v) is 5.91. The highest BCUT2D eigenvalue weighted by atomic mass is 16.5. The summed E-state index contributed by atoms with van der Waals surface area (Å²) in [6, 6.07) is 28.1. The molecular formula is C28H20O4. The van der Waals surface area contributed by atoms with Gasteiger partial charge in [-0.25, -0.2) is 0 Å². The Bertz CT molecular complexity index is 1290. The highest BCUT2D eigenvalue weighted by Gasteiger charge is 2.31. The van der Waals surface area contributed by atoms with Gasteiger partial charge in [-0.2, -0.15) is 0 Å². The normalized spacial score (nSPS) is 15.3. The molecule has 0 spiro atoms. The fourth-order valence-corrected chi connectivity index (χ4v) is 4.43. The summed E-state index contributed by atoms with van der Waals surface area (Å²) < 4.78 is 23.7. The fraction of sp³-hybridized carbons (Fsp3) is 0.0714. The van der Waals surface area contributed by atoms with Gasteiger partial charge in [0.2, 0.25) is 0 Å². The van der Waals surface area contributed by atoms with Gasteiger partial charge in [0.25, 0.3) is 0 Å². The monoisotopic (exact) mass is 420 g/mol. The lowest BCUT2D eigenvalue weighted by molar-refractivity contribution is 0.411. The number of ether oxygens (including phenoxy) is 4. The van der Waals surface area contributed by atoms with Crippen molar-refractivity contribution in [1.29, 1.82) is 0 Å². The van der Waals surface area contributed by atoms with Gasteiger partial charge < -0.3 is 18.9 Å². The van der Waals surface area contributed by atoms with Crippen molar-refractivity contribution in [3.8, 4) is 34.5 Å². The maximum atomic E-state index is 6.27. The van der Waals surface area contributed by atoms with E-state index < -0.39 is 0 Å². The molecule has 0 radical (unpaired) electrons. The van der Waals surface area contributed by atoms with Crippen LogP contribution in [-0.4, -0.2) is 14.2 Å².